The van der Waals surface area contributed by atoms with Crippen LogP contribution in [0.4, 0.5) is 0 Å². The van der Waals surface area contributed by atoms with E-state index in [9.17, 15) is 5.11 Å². The van der Waals surface area contributed by atoms with Crippen LogP contribution in [-0.2, 0) is 0 Å². The quantitative estimate of drug-likeness (QED) is 0.535. The van der Waals surface area contributed by atoms with Crippen LogP contribution in [0.15, 0.2) is 27.1 Å². The molecule has 0 amide bonds. The molecule has 21 heavy (non-hydrogen) atoms. The largest absolute Gasteiger partial charge is 0.490 e. The number of ether oxygens (including phenoxy) is 1. The van der Waals surface area contributed by atoms with Crippen LogP contribution in [-0.4, -0.2) is 65.8 Å². The fourth-order valence-electron chi connectivity index (χ4n) is 1.71. The van der Waals surface area contributed by atoms with E-state index >= 15 is 0 Å². The van der Waals surface area contributed by atoms with E-state index in [1.807, 2.05) is 12.1 Å². The Labute approximate surface area is 147 Å². The van der Waals surface area contributed by atoms with Crippen molar-refractivity contribution in [2.45, 2.75) is 6.10 Å². The van der Waals surface area contributed by atoms with Gasteiger partial charge in [-0.3, -0.25) is 4.90 Å². The Morgan fingerprint density at radius 2 is 1.76 bits per heavy atom. The SMILES string of the molecule is Cl.OCCN(CCO)CC(O)COc1ccc(Br)cc1Br. The molecule has 1 aromatic rings. The molecule has 0 saturated heterocycles. The smallest absolute Gasteiger partial charge is 0.133 e. The zero-order valence-corrected chi connectivity index (χ0v) is 15.4. The van der Waals surface area contributed by atoms with Gasteiger partial charge in [0.15, 0.2) is 0 Å². The van der Waals surface area contributed by atoms with Crippen molar-refractivity contribution >= 4 is 44.3 Å². The summed E-state index contributed by atoms with van der Waals surface area (Å²) >= 11 is 6.74. The zero-order chi connectivity index (χ0) is 15.0. The fraction of sp³-hybridized carbons (Fsp3) is 0.538. The first-order valence-corrected chi connectivity index (χ1v) is 7.85. The van der Waals surface area contributed by atoms with Crippen molar-refractivity contribution in [1.82, 2.24) is 4.90 Å². The molecule has 1 aromatic carbocycles. The molecule has 0 aromatic heterocycles. The summed E-state index contributed by atoms with van der Waals surface area (Å²) < 4.78 is 7.29. The number of nitrogens with zero attached hydrogens (tertiary/aromatic N) is 1. The van der Waals surface area contributed by atoms with E-state index in [4.69, 9.17) is 14.9 Å². The number of aliphatic hydroxyl groups is 3. The molecule has 122 valence electrons. The summed E-state index contributed by atoms with van der Waals surface area (Å²) in [6.45, 7) is 1.31. The molecule has 0 spiro atoms. The zero-order valence-electron chi connectivity index (χ0n) is 11.4. The van der Waals surface area contributed by atoms with Crippen LogP contribution in [0.2, 0.25) is 0 Å². The average molecular weight is 450 g/mol. The van der Waals surface area contributed by atoms with E-state index in [0.717, 1.165) is 8.95 Å². The van der Waals surface area contributed by atoms with Gasteiger partial charge in [-0.2, -0.15) is 0 Å². The van der Waals surface area contributed by atoms with Gasteiger partial charge in [-0.15, -0.1) is 12.4 Å². The molecule has 0 radical (unpaired) electrons. The minimum atomic E-state index is -0.691. The van der Waals surface area contributed by atoms with Crippen LogP contribution in [0.3, 0.4) is 0 Å². The average Bonchev–Trinajstić information content (AvgIpc) is 2.38. The molecule has 0 aliphatic rings. The van der Waals surface area contributed by atoms with Crippen molar-refractivity contribution in [1.29, 1.82) is 0 Å². The third kappa shape index (κ3) is 8.35. The molecule has 0 fully saturated rings. The Hall–Kier alpha value is 0.110. The van der Waals surface area contributed by atoms with Crippen molar-refractivity contribution in [2.24, 2.45) is 0 Å². The minimum absolute atomic E-state index is 0. The Kier molecular flexibility index (Phi) is 11.7. The first-order valence-electron chi connectivity index (χ1n) is 6.26. The Morgan fingerprint density at radius 3 is 2.29 bits per heavy atom. The molecule has 8 heteroatoms. The monoisotopic (exact) mass is 447 g/mol. The third-order valence-corrected chi connectivity index (χ3v) is 3.74. The van der Waals surface area contributed by atoms with Gasteiger partial charge in [-0.25, -0.2) is 0 Å². The molecule has 1 rings (SSSR count). The highest BCUT2D eigenvalue weighted by molar-refractivity contribution is 9.11. The van der Waals surface area contributed by atoms with Crippen LogP contribution in [0.25, 0.3) is 0 Å². The number of hydrogen-bond acceptors (Lipinski definition) is 5. The van der Waals surface area contributed by atoms with Crippen LogP contribution < -0.4 is 4.74 Å². The van der Waals surface area contributed by atoms with E-state index in [1.54, 1.807) is 11.0 Å². The molecule has 1 atom stereocenters. The van der Waals surface area contributed by atoms with Gasteiger partial charge in [0, 0.05) is 24.1 Å². The second-order valence-corrected chi connectivity index (χ2v) is 6.06. The number of hydrogen-bond donors (Lipinski definition) is 3. The topological polar surface area (TPSA) is 73.2 Å². The molecule has 3 N–H and O–H groups in total. The predicted octanol–water partition coefficient (Wildman–Crippen LogP) is 1.66. The normalized spacial score (nSPS) is 12.1. The number of benzene rings is 1. The molecular formula is C13H20Br2ClNO4. The van der Waals surface area contributed by atoms with Crippen molar-refractivity contribution in [3.63, 3.8) is 0 Å². The number of rotatable bonds is 9. The van der Waals surface area contributed by atoms with Gasteiger partial charge >= 0.3 is 0 Å². The van der Waals surface area contributed by atoms with Crippen LogP contribution >= 0.6 is 44.3 Å². The lowest BCUT2D eigenvalue weighted by Gasteiger charge is -2.23. The predicted molar refractivity (Wildman–Crippen MR) is 91.2 cm³/mol. The first kappa shape index (κ1) is 21.1. The summed E-state index contributed by atoms with van der Waals surface area (Å²) in [7, 11) is 0. The maximum Gasteiger partial charge on any atom is 0.133 e. The van der Waals surface area contributed by atoms with Crippen LogP contribution in [0.1, 0.15) is 0 Å². The first-order chi connectivity index (χ1) is 9.56. The number of aliphatic hydroxyl groups excluding tert-OH is 3. The molecule has 1 unspecified atom stereocenters. The lowest BCUT2D eigenvalue weighted by Crippen LogP contribution is -2.38. The molecule has 0 bridgehead atoms. The summed E-state index contributed by atoms with van der Waals surface area (Å²) in [6, 6.07) is 5.53. The van der Waals surface area contributed by atoms with Crippen molar-refractivity contribution in [3.8, 4) is 5.75 Å². The van der Waals surface area contributed by atoms with Gasteiger partial charge < -0.3 is 20.1 Å². The lowest BCUT2D eigenvalue weighted by atomic mass is 10.3. The fourth-order valence-corrected chi connectivity index (χ4v) is 2.87. The van der Waals surface area contributed by atoms with Gasteiger partial charge in [-0.05, 0) is 34.1 Å². The summed E-state index contributed by atoms with van der Waals surface area (Å²) in [5.41, 5.74) is 0. The van der Waals surface area contributed by atoms with E-state index in [-0.39, 0.29) is 32.2 Å². The Bertz CT molecular complexity index is 406. The second-order valence-electron chi connectivity index (χ2n) is 4.29. The molecule has 5 nitrogen and oxygen atoms in total. The maximum absolute atomic E-state index is 9.93. The Balaban J connectivity index is 0.00000400. The third-order valence-electron chi connectivity index (χ3n) is 2.63. The lowest BCUT2D eigenvalue weighted by molar-refractivity contribution is 0.0550. The van der Waals surface area contributed by atoms with Crippen molar-refractivity contribution < 1.29 is 20.1 Å². The molecule has 0 heterocycles. The standard InChI is InChI=1S/C13H19Br2NO4.ClH/c14-10-1-2-13(12(15)7-10)20-9-11(19)8-16(3-5-17)4-6-18;/h1-2,7,11,17-19H,3-6,8-9H2;1H. The molecule has 0 saturated carbocycles. The van der Waals surface area contributed by atoms with Crippen molar-refractivity contribution in [3.05, 3.63) is 27.1 Å². The molecular weight excluding hydrogens is 429 g/mol. The van der Waals surface area contributed by atoms with Gasteiger partial charge in [0.1, 0.15) is 18.5 Å². The van der Waals surface area contributed by atoms with Gasteiger partial charge in [-0.1, -0.05) is 15.9 Å². The second kappa shape index (κ2) is 11.6. The highest BCUT2D eigenvalue weighted by atomic mass is 79.9. The molecule has 0 aliphatic carbocycles. The highest BCUT2D eigenvalue weighted by Gasteiger charge is 2.12. The van der Waals surface area contributed by atoms with E-state index in [2.05, 4.69) is 31.9 Å². The van der Waals surface area contributed by atoms with Gasteiger partial charge in [0.25, 0.3) is 0 Å². The number of halogens is 3. The summed E-state index contributed by atoms with van der Waals surface area (Å²) in [6.07, 6.45) is -0.691. The van der Waals surface area contributed by atoms with Crippen molar-refractivity contribution in [2.75, 3.05) is 39.5 Å². The van der Waals surface area contributed by atoms with E-state index in [1.165, 1.54) is 0 Å². The van der Waals surface area contributed by atoms with Crippen LogP contribution in [0, 0.1) is 0 Å². The van der Waals surface area contributed by atoms with E-state index < -0.39 is 6.10 Å². The van der Waals surface area contributed by atoms with Gasteiger partial charge in [0.05, 0.1) is 17.7 Å². The summed E-state index contributed by atoms with van der Waals surface area (Å²) in [5, 5.41) is 27.7. The minimum Gasteiger partial charge on any atom is -0.490 e. The summed E-state index contributed by atoms with van der Waals surface area (Å²) in [4.78, 5) is 1.78. The van der Waals surface area contributed by atoms with E-state index in [0.29, 0.717) is 25.4 Å². The van der Waals surface area contributed by atoms with Crippen LogP contribution in [0.5, 0.6) is 5.75 Å². The van der Waals surface area contributed by atoms with Gasteiger partial charge in [0.2, 0.25) is 0 Å². The molecule has 0 aliphatic heterocycles. The maximum atomic E-state index is 9.93. The summed E-state index contributed by atoms with van der Waals surface area (Å²) in [5.74, 6) is 0.656. The Morgan fingerprint density at radius 1 is 1.14 bits per heavy atom. The highest BCUT2D eigenvalue weighted by Crippen LogP contribution is 2.28.